The van der Waals surface area contributed by atoms with Crippen LogP contribution in [-0.2, 0) is 4.74 Å². The zero-order valence-corrected chi connectivity index (χ0v) is 14.2. The number of methoxy groups -OCH3 is 1. The summed E-state index contributed by atoms with van der Waals surface area (Å²) in [5.41, 5.74) is 2.73. The number of halogens is 1. The van der Waals surface area contributed by atoms with Gasteiger partial charge < -0.3 is 15.0 Å². The molecule has 1 fully saturated rings. The minimum atomic E-state index is 0.378. The summed E-state index contributed by atoms with van der Waals surface area (Å²) in [6.45, 7) is 7.52. The Bertz CT molecular complexity index is 430. The van der Waals surface area contributed by atoms with Crippen LogP contribution < -0.4 is 10.2 Å². The summed E-state index contributed by atoms with van der Waals surface area (Å²) < 4.78 is 6.61. The molecule has 0 spiro atoms. The van der Waals surface area contributed by atoms with Crippen molar-refractivity contribution in [2.45, 2.75) is 38.8 Å². The van der Waals surface area contributed by atoms with Gasteiger partial charge in [-0.15, -0.1) is 0 Å². The maximum atomic E-state index is 5.47. The molecule has 0 bridgehead atoms. The van der Waals surface area contributed by atoms with Crippen LogP contribution in [0.15, 0.2) is 22.7 Å². The molecule has 3 nitrogen and oxygen atoms in total. The lowest BCUT2D eigenvalue weighted by Crippen LogP contribution is -2.37. The summed E-state index contributed by atoms with van der Waals surface area (Å²) in [7, 11) is 1.82. The van der Waals surface area contributed by atoms with Gasteiger partial charge >= 0.3 is 0 Å². The van der Waals surface area contributed by atoms with Crippen LogP contribution >= 0.6 is 15.9 Å². The van der Waals surface area contributed by atoms with Gasteiger partial charge in [-0.25, -0.2) is 0 Å². The van der Waals surface area contributed by atoms with Crippen LogP contribution in [0.3, 0.4) is 0 Å². The summed E-state index contributed by atoms with van der Waals surface area (Å²) in [5, 5.41) is 3.51. The summed E-state index contributed by atoms with van der Waals surface area (Å²) in [6.07, 6.45) is 2.64. The fourth-order valence-corrected chi connectivity index (χ4v) is 3.25. The fraction of sp³-hybridized carbons (Fsp3) is 0.625. The highest BCUT2D eigenvalue weighted by Gasteiger charge is 2.22. The van der Waals surface area contributed by atoms with Crippen LogP contribution in [0.4, 0.5) is 5.69 Å². The highest BCUT2D eigenvalue weighted by Crippen LogP contribution is 2.31. The first-order valence-electron chi connectivity index (χ1n) is 7.46. The van der Waals surface area contributed by atoms with Crippen molar-refractivity contribution in [1.82, 2.24) is 5.32 Å². The average molecular weight is 341 g/mol. The number of hydrogen-bond donors (Lipinski definition) is 1. The zero-order valence-electron chi connectivity index (χ0n) is 12.7. The van der Waals surface area contributed by atoms with E-state index in [2.05, 4.69) is 58.2 Å². The third-order valence-corrected chi connectivity index (χ3v) is 4.58. The van der Waals surface area contributed by atoms with E-state index in [1.807, 2.05) is 7.11 Å². The summed E-state index contributed by atoms with van der Waals surface area (Å²) in [6, 6.07) is 6.99. The standard InChI is InChI=1S/C16H25BrN2O/c1-4-18-12(2)15-6-5-13(17)11-16(15)19-9-7-14(20-3)8-10-19/h5-6,11-12,14,18H,4,7-10H2,1-3H3. The van der Waals surface area contributed by atoms with Gasteiger partial charge in [-0.3, -0.25) is 0 Å². The smallest absolute Gasteiger partial charge is 0.0605 e. The molecule has 0 aromatic heterocycles. The third kappa shape index (κ3) is 3.74. The third-order valence-electron chi connectivity index (χ3n) is 4.09. The Morgan fingerprint density at radius 1 is 1.40 bits per heavy atom. The molecule has 1 aliphatic rings. The number of piperidine rings is 1. The Balaban J connectivity index is 2.19. The maximum absolute atomic E-state index is 5.47. The van der Waals surface area contributed by atoms with Gasteiger partial charge in [0.25, 0.3) is 0 Å². The Hall–Kier alpha value is -0.580. The highest BCUT2D eigenvalue weighted by molar-refractivity contribution is 9.10. The molecule has 1 aliphatic heterocycles. The van der Waals surface area contributed by atoms with E-state index in [0.29, 0.717) is 12.1 Å². The highest BCUT2D eigenvalue weighted by atomic mass is 79.9. The van der Waals surface area contributed by atoms with E-state index >= 15 is 0 Å². The van der Waals surface area contributed by atoms with Crippen molar-refractivity contribution in [3.8, 4) is 0 Å². The lowest BCUT2D eigenvalue weighted by atomic mass is 10.0. The first-order valence-corrected chi connectivity index (χ1v) is 8.25. The lowest BCUT2D eigenvalue weighted by Gasteiger charge is -2.35. The quantitative estimate of drug-likeness (QED) is 0.883. The van der Waals surface area contributed by atoms with Crippen molar-refractivity contribution in [3.63, 3.8) is 0 Å². The molecular weight excluding hydrogens is 316 g/mol. The lowest BCUT2D eigenvalue weighted by molar-refractivity contribution is 0.0819. The molecule has 1 unspecified atom stereocenters. The predicted molar refractivity (Wildman–Crippen MR) is 88.5 cm³/mol. The molecule has 1 aromatic carbocycles. The second-order valence-electron chi connectivity index (χ2n) is 5.40. The largest absolute Gasteiger partial charge is 0.381 e. The molecular formula is C16H25BrN2O. The topological polar surface area (TPSA) is 24.5 Å². The van der Waals surface area contributed by atoms with E-state index in [1.54, 1.807) is 0 Å². The molecule has 1 saturated heterocycles. The number of anilines is 1. The number of hydrogen-bond acceptors (Lipinski definition) is 3. The second-order valence-corrected chi connectivity index (χ2v) is 6.32. The van der Waals surface area contributed by atoms with Crippen molar-refractivity contribution in [2.75, 3.05) is 31.6 Å². The number of ether oxygens (including phenoxy) is 1. The second kappa shape index (κ2) is 7.43. The molecule has 20 heavy (non-hydrogen) atoms. The minimum absolute atomic E-state index is 0.378. The number of nitrogens with zero attached hydrogens (tertiary/aromatic N) is 1. The molecule has 0 aliphatic carbocycles. The SMILES string of the molecule is CCNC(C)c1ccc(Br)cc1N1CCC(OC)CC1. The van der Waals surface area contributed by atoms with Crippen molar-refractivity contribution >= 4 is 21.6 Å². The van der Waals surface area contributed by atoms with Crippen LogP contribution in [0.25, 0.3) is 0 Å². The fourth-order valence-electron chi connectivity index (χ4n) is 2.91. The predicted octanol–water partition coefficient (Wildman–Crippen LogP) is 3.73. The van der Waals surface area contributed by atoms with Gasteiger partial charge in [0.05, 0.1) is 6.10 Å². The molecule has 0 radical (unpaired) electrons. The Morgan fingerprint density at radius 2 is 2.10 bits per heavy atom. The molecule has 2 rings (SSSR count). The van der Waals surface area contributed by atoms with E-state index in [0.717, 1.165) is 36.9 Å². The first-order chi connectivity index (χ1) is 9.65. The normalized spacial score (nSPS) is 18.3. The van der Waals surface area contributed by atoms with E-state index in [4.69, 9.17) is 4.74 Å². The zero-order chi connectivity index (χ0) is 14.5. The molecule has 0 saturated carbocycles. The van der Waals surface area contributed by atoms with Gasteiger partial charge in [0, 0.05) is 36.4 Å². The Kier molecular flexibility index (Phi) is 5.87. The van der Waals surface area contributed by atoms with Crippen LogP contribution in [0.2, 0.25) is 0 Å². The molecule has 1 atom stereocenters. The van der Waals surface area contributed by atoms with E-state index in [1.165, 1.54) is 11.3 Å². The number of rotatable bonds is 5. The van der Waals surface area contributed by atoms with Gasteiger partial charge in [0.2, 0.25) is 0 Å². The first kappa shape index (κ1) is 15.8. The Morgan fingerprint density at radius 3 is 2.70 bits per heavy atom. The molecule has 0 amide bonds. The summed E-state index contributed by atoms with van der Waals surface area (Å²) >= 11 is 3.60. The minimum Gasteiger partial charge on any atom is -0.381 e. The van der Waals surface area contributed by atoms with Gasteiger partial charge in [-0.05, 0) is 44.0 Å². The number of nitrogens with one attached hydrogen (secondary N) is 1. The van der Waals surface area contributed by atoms with Gasteiger partial charge in [0.1, 0.15) is 0 Å². The molecule has 1 aromatic rings. The van der Waals surface area contributed by atoms with Crippen LogP contribution in [0.1, 0.15) is 38.3 Å². The van der Waals surface area contributed by atoms with E-state index < -0.39 is 0 Å². The Labute approximate surface area is 130 Å². The molecule has 1 N–H and O–H groups in total. The van der Waals surface area contributed by atoms with Crippen molar-refractivity contribution in [2.24, 2.45) is 0 Å². The summed E-state index contributed by atoms with van der Waals surface area (Å²) in [4.78, 5) is 2.49. The monoisotopic (exact) mass is 340 g/mol. The van der Waals surface area contributed by atoms with Gasteiger partial charge in [0.15, 0.2) is 0 Å². The maximum Gasteiger partial charge on any atom is 0.0605 e. The average Bonchev–Trinajstić information content (AvgIpc) is 2.47. The van der Waals surface area contributed by atoms with Crippen molar-refractivity contribution < 1.29 is 4.74 Å². The summed E-state index contributed by atoms with van der Waals surface area (Å²) in [5.74, 6) is 0. The molecule has 1 heterocycles. The van der Waals surface area contributed by atoms with Crippen molar-refractivity contribution in [1.29, 1.82) is 0 Å². The molecule has 112 valence electrons. The van der Waals surface area contributed by atoms with Crippen molar-refractivity contribution in [3.05, 3.63) is 28.2 Å². The molecule has 4 heteroatoms. The van der Waals surface area contributed by atoms with Crippen LogP contribution in [0, 0.1) is 0 Å². The van der Waals surface area contributed by atoms with Crippen LogP contribution in [-0.4, -0.2) is 32.8 Å². The number of benzene rings is 1. The van der Waals surface area contributed by atoms with E-state index in [9.17, 15) is 0 Å². The van der Waals surface area contributed by atoms with Crippen LogP contribution in [0.5, 0.6) is 0 Å². The van der Waals surface area contributed by atoms with E-state index in [-0.39, 0.29) is 0 Å². The van der Waals surface area contributed by atoms with Gasteiger partial charge in [-0.2, -0.15) is 0 Å². The van der Waals surface area contributed by atoms with Gasteiger partial charge in [-0.1, -0.05) is 28.9 Å².